The van der Waals surface area contributed by atoms with Crippen molar-refractivity contribution < 1.29 is 4.79 Å². The third-order valence-corrected chi connectivity index (χ3v) is 1.73. The summed E-state index contributed by atoms with van der Waals surface area (Å²) in [6, 6.07) is 1.61. The number of hydrogen-bond acceptors (Lipinski definition) is 4. The van der Waals surface area contributed by atoms with E-state index in [9.17, 15) is 4.79 Å². The Hall–Kier alpha value is -1.68. The number of nitrogens with one attached hydrogen (secondary N) is 1. The Morgan fingerprint density at radius 3 is 3.14 bits per heavy atom. The molecule has 0 saturated heterocycles. The van der Waals surface area contributed by atoms with E-state index in [4.69, 9.17) is 5.73 Å². The highest BCUT2D eigenvalue weighted by Gasteiger charge is 2.07. The highest BCUT2D eigenvalue weighted by atomic mass is 16.1. The molecule has 0 amide bonds. The largest absolute Gasteiger partial charge is 0.398 e. The number of hydrogen-bond donors (Lipinski definition) is 2. The first-order chi connectivity index (χ1) is 6.75. The van der Waals surface area contributed by atoms with Crippen molar-refractivity contribution in [1.29, 1.82) is 0 Å². The van der Waals surface area contributed by atoms with Crippen LogP contribution in [0.15, 0.2) is 31.1 Å². The van der Waals surface area contributed by atoms with Crippen LogP contribution in [0.4, 0.5) is 5.69 Å². The van der Waals surface area contributed by atoms with Gasteiger partial charge < -0.3 is 11.1 Å². The maximum Gasteiger partial charge on any atom is 0.180 e. The van der Waals surface area contributed by atoms with Gasteiger partial charge in [0, 0.05) is 24.6 Å². The van der Waals surface area contributed by atoms with Gasteiger partial charge in [-0.15, -0.1) is 6.58 Å². The molecule has 0 fully saturated rings. The summed E-state index contributed by atoms with van der Waals surface area (Å²) in [6.45, 7) is 4.39. The van der Waals surface area contributed by atoms with Crippen LogP contribution in [0.1, 0.15) is 10.4 Å². The summed E-state index contributed by atoms with van der Waals surface area (Å²) in [5, 5.41) is 2.91. The number of rotatable bonds is 5. The molecule has 0 atom stereocenters. The van der Waals surface area contributed by atoms with Crippen molar-refractivity contribution in [3.63, 3.8) is 0 Å². The average Bonchev–Trinajstić information content (AvgIpc) is 2.18. The third kappa shape index (κ3) is 2.67. The summed E-state index contributed by atoms with van der Waals surface area (Å²) in [6.07, 6.45) is 4.73. The van der Waals surface area contributed by atoms with Gasteiger partial charge in [0.25, 0.3) is 0 Å². The van der Waals surface area contributed by atoms with Gasteiger partial charge in [-0.25, -0.2) is 0 Å². The maximum atomic E-state index is 11.5. The molecule has 1 aromatic rings. The van der Waals surface area contributed by atoms with Gasteiger partial charge in [0.2, 0.25) is 0 Å². The number of aromatic nitrogens is 1. The van der Waals surface area contributed by atoms with E-state index in [1.165, 1.54) is 6.20 Å². The summed E-state index contributed by atoms with van der Waals surface area (Å²) < 4.78 is 0. The molecule has 0 aliphatic heterocycles. The third-order valence-electron chi connectivity index (χ3n) is 1.73. The molecule has 0 aromatic carbocycles. The topological polar surface area (TPSA) is 68.0 Å². The molecule has 0 spiro atoms. The lowest BCUT2D eigenvalue weighted by molar-refractivity contribution is 0.0993. The fraction of sp³-hybridized carbons (Fsp3) is 0.200. The molecule has 0 bridgehead atoms. The van der Waals surface area contributed by atoms with Crippen LogP contribution in [0.3, 0.4) is 0 Å². The van der Waals surface area contributed by atoms with E-state index < -0.39 is 0 Å². The van der Waals surface area contributed by atoms with E-state index in [1.807, 2.05) is 0 Å². The molecule has 3 N–H and O–H groups in total. The van der Waals surface area contributed by atoms with Crippen LogP contribution in [0.5, 0.6) is 0 Å². The minimum Gasteiger partial charge on any atom is -0.398 e. The summed E-state index contributed by atoms with van der Waals surface area (Å²) >= 11 is 0. The monoisotopic (exact) mass is 191 g/mol. The van der Waals surface area contributed by atoms with Crippen LogP contribution in [-0.2, 0) is 0 Å². The minimum absolute atomic E-state index is 0.0579. The Morgan fingerprint density at radius 2 is 2.50 bits per heavy atom. The molecular formula is C10H13N3O. The van der Waals surface area contributed by atoms with E-state index in [-0.39, 0.29) is 12.3 Å². The molecule has 1 heterocycles. The zero-order valence-corrected chi connectivity index (χ0v) is 7.86. The zero-order valence-electron chi connectivity index (χ0n) is 7.86. The van der Waals surface area contributed by atoms with E-state index in [1.54, 1.807) is 18.3 Å². The van der Waals surface area contributed by atoms with Crippen LogP contribution >= 0.6 is 0 Å². The molecule has 14 heavy (non-hydrogen) atoms. The SMILES string of the molecule is C=CCNCC(=O)c1cnccc1N. The fourth-order valence-corrected chi connectivity index (χ4v) is 1.02. The van der Waals surface area contributed by atoms with Crippen molar-refractivity contribution in [2.75, 3.05) is 18.8 Å². The van der Waals surface area contributed by atoms with Crippen LogP contribution in [0, 0.1) is 0 Å². The molecule has 0 radical (unpaired) electrons. The first kappa shape index (κ1) is 10.4. The van der Waals surface area contributed by atoms with Gasteiger partial charge in [-0.1, -0.05) is 6.08 Å². The number of anilines is 1. The van der Waals surface area contributed by atoms with Crippen molar-refractivity contribution in [2.24, 2.45) is 0 Å². The Morgan fingerprint density at radius 1 is 1.71 bits per heavy atom. The average molecular weight is 191 g/mol. The number of Topliss-reactive ketones (excluding diaryl/α,β-unsaturated/α-hetero) is 1. The van der Waals surface area contributed by atoms with Crippen molar-refractivity contribution in [3.8, 4) is 0 Å². The van der Waals surface area contributed by atoms with Gasteiger partial charge in [-0.2, -0.15) is 0 Å². The van der Waals surface area contributed by atoms with Gasteiger partial charge in [0.05, 0.1) is 12.1 Å². The van der Waals surface area contributed by atoms with Crippen molar-refractivity contribution >= 4 is 11.5 Å². The number of nitrogens with zero attached hydrogens (tertiary/aromatic N) is 1. The quantitative estimate of drug-likeness (QED) is 0.407. The van der Waals surface area contributed by atoms with E-state index in [0.717, 1.165) is 0 Å². The fourth-order valence-electron chi connectivity index (χ4n) is 1.02. The van der Waals surface area contributed by atoms with Crippen molar-refractivity contribution in [1.82, 2.24) is 10.3 Å². The maximum absolute atomic E-state index is 11.5. The molecule has 74 valence electrons. The van der Waals surface area contributed by atoms with Gasteiger partial charge in [-0.05, 0) is 6.07 Å². The molecule has 4 heteroatoms. The van der Waals surface area contributed by atoms with E-state index >= 15 is 0 Å². The molecule has 4 nitrogen and oxygen atoms in total. The second-order valence-corrected chi connectivity index (χ2v) is 2.81. The summed E-state index contributed by atoms with van der Waals surface area (Å²) in [5.41, 5.74) is 6.54. The molecule has 1 aromatic heterocycles. The Bertz CT molecular complexity index is 336. The van der Waals surface area contributed by atoms with Gasteiger partial charge >= 0.3 is 0 Å². The summed E-state index contributed by atoms with van der Waals surface area (Å²) in [7, 11) is 0. The standard InChI is InChI=1S/C10H13N3O/c1-2-4-12-7-10(14)8-6-13-5-3-9(8)11/h2-3,5-6,12H,1,4,7H2,(H2,11,13). The highest BCUT2D eigenvalue weighted by molar-refractivity contribution is 6.01. The Balaban J connectivity index is 2.60. The van der Waals surface area contributed by atoms with Crippen LogP contribution in [0.25, 0.3) is 0 Å². The van der Waals surface area contributed by atoms with Crippen LogP contribution in [-0.4, -0.2) is 23.9 Å². The lowest BCUT2D eigenvalue weighted by atomic mass is 10.1. The smallest absolute Gasteiger partial charge is 0.180 e. The number of ketones is 1. The van der Waals surface area contributed by atoms with Crippen molar-refractivity contribution in [2.45, 2.75) is 0 Å². The zero-order chi connectivity index (χ0) is 10.4. The number of nitrogens with two attached hydrogens (primary N) is 1. The number of carbonyl (C=O) groups excluding carboxylic acids is 1. The molecule has 0 aliphatic carbocycles. The second kappa shape index (κ2) is 5.14. The predicted octanol–water partition coefficient (Wildman–Crippen LogP) is 0.622. The molecule has 1 rings (SSSR count). The summed E-state index contributed by atoms with van der Waals surface area (Å²) in [5.74, 6) is -0.0579. The lowest BCUT2D eigenvalue weighted by Crippen LogP contribution is -2.23. The molecule has 0 aliphatic rings. The van der Waals surface area contributed by atoms with Crippen molar-refractivity contribution in [3.05, 3.63) is 36.7 Å². The first-order valence-electron chi connectivity index (χ1n) is 4.30. The van der Waals surface area contributed by atoms with Crippen LogP contribution in [0.2, 0.25) is 0 Å². The van der Waals surface area contributed by atoms with Gasteiger partial charge in [-0.3, -0.25) is 9.78 Å². The Kier molecular flexibility index (Phi) is 3.82. The summed E-state index contributed by atoms with van der Waals surface area (Å²) in [4.78, 5) is 15.4. The van der Waals surface area contributed by atoms with Crippen LogP contribution < -0.4 is 11.1 Å². The van der Waals surface area contributed by atoms with E-state index in [2.05, 4.69) is 16.9 Å². The lowest BCUT2D eigenvalue weighted by Gasteiger charge is -2.03. The first-order valence-corrected chi connectivity index (χ1v) is 4.30. The number of carbonyl (C=O) groups is 1. The second-order valence-electron chi connectivity index (χ2n) is 2.81. The molecule has 0 saturated carbocycles. The number of nitrogen functional groups attached to an aromatic ring is 1. The van der Waals surface area contributed by atoms with Gasteiger partial charge in [0.15, 0.2) is 5.78 Å². The molecular weight excluding hydrogens is 178 g/mol. The molecule has 0 unspecified atom stereocenters. The minimum atomic E-state index is -0.0579. The van der Waals surface area contributed by atoms with E-state index in [0.29, 0.717) is 17.8 Å². The normalized spacial score (nSPS) is 9.71. The Labute approximate surface area is 82.8 Å². The predicted molar refractivity (Wildman–Crippen MR) is 56.0 cm³/mol. The number of pyridine rings is 1. The highest BCUT2D eigenvalue weighted by Crippen LogP contribution is 2.08. The van der Waals surface area contributed by atoms with Gasteiger partial charge in [0.1, 0.15) is 0 Å².